The van der Waals surface area contributed by atoms with E-state index in [-0.39, 0.29) is 29.6 Å². The van der Waals surface area contributed by atoms with Gasteiger partial charge in [-0.2, -0.15) is 0 Å². The van der Waals surface area contributed by atoms with E-state index in [1.54, 1.807) is 12.1 Å². The van der Waals surface area contributed by atoms with Crippen LogP contribution in [0.15, 0.2) is 30.3 Å². The third-order valence-corrected chi connectivity index (χ3v) is 5.38. The Kier molecular flexibility index (Phi) is 6.42. The van der Waals surface area contributed by atoms with E-state index in [1.807, 2.05) is 47.6 Å². The molecule has 4 nitrogen and oxygen atoms in total. The average molecular weight is 391 g/mol. The summed E-state index contributed by atoms with van der Waals surface area (Å²) >= 11 is 1.26. The Balaban J connectivity index is 2.19. The van der Waals surface area contributed by atoms with Crippen LogP contribution < -0.4 is 10.6 Å². The van der Waals surface area contributed by atoms with Gasteiger partial charge in [0.1, 0.15) is 5.82 Å². The van der Waals surface area contributed by atoms with E-state index in [4.69, 9.17) is 0 Å². The highest BCUT2D eigenvalue weighted by molar-refractivity contribution is 7.18. The molecule has 146 valence electrons. The Morgan fingerprint density at radius 1 is 1.11 bits per heavy atom. The van der Waals surface area contributed by atoms with Crippen LogP contribution in [0.4, 0.5) is 9.39 Å². The molecule has 0 unspecified atom stereocenters. The fraction of sp³-hybridized carbons (Fsp3) is 0.429. The lowest BCUT2D eigenvalue weighted by Crippen LogP contribution is -2.31. The summed E-state index contributed by atoms with van der Waals surface area (Å²) < 4.78 is 13.2. The van der Waals surface area contributed by atoms with Crippen molar-refractivity contribution in [2.75, 3.05) is 5.32 Å². The molecule has 0 aliphatic carbocycles. The van der Waals surface area contributed by atoms with Crippen molar-refractivity contribution in [2.45, 2.75) is 47.6 Å². The summed E-state index contributed by atoms with van der Waals surface area (Å²) in [4.78, 5) is 25.6. The molecule has 2 aromatic rings. The molecule has 2 amide bonds. The molecule has 0 radical (unpaired) electrons. The third kappa shape index (κ3) is 5.39. The van der Waals surface area contributed by atoms with Gasteiger partial charge >= 0.3 is 0 Å². The first-order valence-corrected chi connectivity index (χ1v) is 9.79. The van der Waals surface area contributed by atoms with Gasteiger partial charge in [-0.3, -0.25) is 9.59 Å². The van der Waals surface area contributed by atoms with Gasteiger partial charge in [0.15, 0.2) is 0 Å². The number of amides is 2. The zero-order chi connectivity index (χ0) is 20.4. The summed E-state index contributed by atoms with van der Waals surface area (Å²) in [5.74, 6) is -0.459. The molecule has 0 fully saturated rings. The molecule has 1 heterocycles. The second-order valence-electron chi connectivity index (χ2n) is 8.07. The number of hydrogen-bond acceptors (Lipinski definition) is 3. The van der Waals surface area contributed by atoms with Crippen LogP contribution >= 0.6 is 11.3 Å². The van der Waals surface area contributed by atoms with Crippen molar-refractivity contribution in [1.29, 1.82) is 0 Å². The lowest BCUT2D eigenvalue weighted by atomic mass is 9.96. The van der Waals surface area contributed by atoms with E-state index >= 15 is 0 Å². The van der Waals surface area contributed by atoms with Crippen LogP contribution in [-0.2, 0) is 4.79 Å². The van der Waals surface area contributed by atoms with Crippen molar-refractivity contribution in [3.8, 4) is 0 Å². The normalized spacial score (nSPS) is 12.7. The molecule has 1 aromatic carbocycles. The average Bonchev–Trinajstić information content (AvgIpc) is 2.92. The zero-order valence-corrected chi connectivity index (χ0v) is 17.5. The number of carbonyl (C=O) groups is 2. The van der Waals surface area contributed by atoms with Gasteiger partial charge in [-0.15, -0.1) is 11.3 Å². The minimum atomic E-state index is -0.508. The molecule has 0 aliphatic rings. The molecule has 0 spiro atoms. The minimum Gasteiger partial charge on any atom is -0.344 e. The summed E-state index contributed by atoms with van der Waals surface area (Å²) in [6.07, 6.45) is 0. The maximum atomic E-state index is 13.2. The Morgan fingerprint density at radius 2 is 1.70 bits per heavy atom. The first-order valence-electron chi connectivity index (χ1n) is 8.97. The van der Waals surface area contributed by atoms with E-state index < -0.39 is 5.41 Å². The number of benzene rings is 1. The smallest absolute Gasteiger partial charge is 0.262 e. The van der Waals surface area contributed by atoms with Crippen molar-refractivity contribution < 1.29 is 14.0 Å². The Labute approximate surface area is 164 Å². The van der Waals surface area contributed by atoms with E-state index in [2.05, 4.69) is 10.6 Å². The SMILES string of the molecule is Cc1cc(NC(=O)C(C)(C)C)sc1C(=O)N[C@@H](c1ccc(F)cc1)C(C)C. The molecule has 0 aliphatic heterocycles. The Hall–Kier alpha value is -2.21. The van der Waals surface area contributed by atoms with Gasteiger partial charge in [-0.1, -0.05) is 46.8 Å². The minimum absolute atomic E-state index is 0.0953. The highest BCUT2D eigenvalue weighted by Gasteiger charge is 2.24. The summed E-state index contributed by atoms with van der Waals surface area (Å²) in [6.45, 7) is 11.4. The number of thiophene rings is 1. The first-order chi connectivity index (χ1) is 12.5. The van der Waals surface area contributed by atoms with Crippen molar-refractivity contribution in [1.82, 2.24) is 5.32 Å². The lowest BCUT2D eigenvalue weighted by Gasteiger charge is -2.23. The van der Waals surface area contributed by atoms with Crippen LogP contribution in [0.1, 0.15) is 61.5 Å². The summed E-state index contributed by atoms with van der Waals surface area (Å²) in [5, 5.41) is 6.57. The number of aryl methyl sites for hydroxylation is 1. The van der Waals surface area contributed by atoms with Crippen molar-refractivity contribution in [2.24, 2.45) is 11.3 Å². The largest absolute Gasteiger partial charge is 0.344 e. The van der Waals surface area contributed by atoms with Crippen molar-refractivity contribution in [3.05, 3.63) is 52.2 Å². The van der Waals surface area contributed by atoms with E-state index in [0.29, 0.717) is 9.88 Å². The lowest BCUT2D eigenvalue weighted by molar-refractivity contribution is -0.123. The molecule has 0 saturated carbocycles. The number of anilines is 1. The molecule has 6 heteroatoms. The molecule has 1 atom stereocenters. The van der Waals surface area contributed by atoms with Gasteiger partial charge in [0.2, 0.25) is 5.91 Å². The number of rotatable bonds is 5. The first kappa shape index (κ1) is 21.1. The third-order valence-electron chi connectivity index (χ3n) is 4.22. The highest BCUT2D eigenvalue weighted by Crippen LogP contribution is 2.30. The fourth-order valence-corrected chi connectivity index (χ4v) is 3.55. The zero-order valence-electron chi connectivity index (χ0n) is 16.6. The predicted octanol–water partition coefficient (Wildman–Crippen LogP) is 5.31. The molecule has 0 saturated heterocycles. The maximum absolute atomic E-state index is 13.2. The van der Waals surface area contributed by atoms with Gasteiger partial charge in [-0.25, -0.2) is 4.39 Å². The molecule has 1 aromatic heterocycles. The summed E-state index contributed by atoms with van der Waals surface area (Å²) in [6, 6.07) is 7.76. The molecule has 0 bridgehead atoms. The molecule has 27 heavy (non-hydrogen) atoms. The number of nitrogens with one attached hydrogen (secondary N) is 2. The van der Waals surface area contributed by atoms with Gasteiger partial charge in [0.05, 0.1) is 15.9 Å². The van der Waals surface area contributed by atoms with Crippen LogP contribution in [0.2, 0.25) is 0 Å². The Morgan fingerprint density at radius 3 is 2.22 bits per heavy atom. The van der Waals surface area contributed by atoms with Crippen LogP contribution in [0.3, 0.4) is 0 Å². The number of carbonyl (C=O) groups excluding carboxylic acids is 2. The quantitative estimate of drug-likeness (QED) is 0.727. The number of halogens is 1. The van der Waals surface area contributed by atoms with E-state index in [1.165, 1.54) is 23.5 Å². The van der Waals surface area contributed by atoms with Crippen LogP contribution in [0.25, 0.3) is 0 Å². The molecular formula is C21H27FN2O2S. The van der Waals surface area contributed by atoms with E-state index in [0.717, 1.165) is 11.1 Å². The molecule has 2 rings (SSSR count). The van der Waals surface area contributed by atoms with E-state index in [9.17, 15) is 14.0 Å². The predicted molar refractivity (Wildman–Crippen MR) is 109 cm³/mol. The van der Waals surface area contributed by atoms with Gasteiger partial charge in [0, 0.05) is 5.41 Å². The van der Waals surface area contributed by atoms with Crippen molar-refractivity contribution >= 4 is 28.2 Å². The van der Waals surface area contributed by atoms with Crippen LogP contribution in [-0.4, -0.2) is 11.8 Å². The topological polar surface area (TPSA) is 58.2 Å². The highest BCUT2D eigenvalue weighted by atomic mass is 32.1. The van der Waals surface area contributed by atoms with Gasteiger partial charge in [-0.05, 0) is 42.2 Å². The van der Waals surface area contributed by atoms with Crippen molar-refractivity contribution in [3.63, 3.8) is 0 Å². The second kappa shape index (κ2) is 8.21. The maximum Gasteiger partial charge on any atom is 0.262 e. The summed E-state index contributed by atoms with van der Waals surface area (Å²) in [5.41, 5.74) is 1.16. The Bertz CT molecular complexity index is 820. The van der Waals surface area contributed by atoms with Gasteiger partial charge < -0.3 is 10.6 Å². The molecular weight excluding hydrogens is 363 g/mol. The van der Waals surface area contributed by atoms with Gasteiger partial charge in [0.25, 0.3) is 5.91 Å². The fourth-order valence-electron chi connectivity index (χ4n) is 2.58. The monoisotopic (exact) mass is 390 g/mol. The summed E-state index contributed by atoms with van der Waals surface area (Å²) in [7, 11) is 0. The number of hydrogen-bond donors (Lipinski definition) is 2. The van der Waals surface area contributed by atoms with Crippen LogP contribution in [0.5, 0.6) is 0 Å². The molecule has 2 N–H and O–H groups in total. The van der Waals surface area contributed by atoms with Crippen LogP contribution in [0, 0.1) is 24.1 Å². The standard InChI is InChI=1S/C21H27FN2O2S/c1-12(2)17(14-7-9-15(22)10-8-14)24-19(25)18-13(3)11-16(27-18)23-20(26)21(4,5)6/h7-12,17H,1-6H3,(H,23,26)(H,24,25)/t17-/m1/s1. The second-order valence-corrected chi connectivity index (χ2v) is 9.13.